The second kappa shape index (κ2) is 8.57. The molecule has 0 aliphatic heterocycles. The lowest BCUT2D eigenvalue weighted by atomic mass is 10.0. The lowest BCUT2D eigenvalue weighted by molar-refractivity contribution is -0.120. The van der Waals surface area contributed by atoms with Crippen molar-refractivity contribution in [1.82, 2.24) is 10.6 Å². The molecule has 0 spiro atoms. The first-order chi connectivity index (χ1) is 10.3. The summed E-state index contributed by atoms with van der Waals surface area (Å²) in [6.07, 6.45) is 2.03. The fourth-order valence-electron chi connectivity index (χ4n) is 2.35. The number of amides is 2. The van der Waals surface area contributed by atoms with E-state index in [9.17, 15) is 9.59 Å². The summed E-state index contributed by atoms with van der Waals surface area (Å²) in [5, 5.41) is 5.58. The average molecular weight is 304 g/mol. The Labute approximate surface area is 133 Å². The average Bonchev–Trinajstić information content (AvgIpc) is 2.41. The zero-order valence-electron chi connectivity index (χ0n) is 14.3. The topological polar surface area (TPSA) is 58.2 Å². The number of aryl methyl sites for hydroxylation is 2. The predicted octanol–water partition coefficient (Wildman–Crippen LogP) is 2.97. The molecule has 0 bridgehead atoms. The van der Waals surface area contributed by atoms with E-state index in [4.69, 9.17) is 0 Å². The summed E-state index contributed by atoms with van der Waals surface area (Å²) in [4.78, 5) is 23.9. The third kappa shape index (κ3) is 6.74. The first-order valence-corrected chi connectivity index (χ1v) is 7.93. The van der Waals surface area contributed by atoms with Crippen molar-refractivity contribution in [2.75, 3.05) is 6.54 Å². The van der Waals surface area contributed by atoms with Crippen LogP contribution >= 0.6 is 0 Å². The zero-order chi connectivity index (χ0) is 16.7. The van der Waals surface area contributed by atoms with E-state index in [1.54, 1.807) is 0 Å². The van der Waals surface area contributed by atoms with Crippen molar-refractivity contribution in [2.45, 2.75) is 53.5 Å². The standard InChI is InChI=1S/C18H28N2O2/c1-12(2)6-7-15(5)20-17(21)11-19-18(22)16-9-13(3)8-14(4)10-16/h8-10,12,15H,6-7,11H2,1-5H3,(H,19,22)(H,20,21). The summed E-state index contributed by atoms with van der Waals surface area (Å²) >= 11 is 0. The highest BCUT2D eigenvalue weighted by atomic mass is 16.2. The summed E-state index contributed by atoms with van der Waals surface area (Å²) in [6, 6.07) is 5.80. The predicted molar refractivity (Wildman–Crippen MR) is 89.9 cm³/mol. The summed E-state index contributed by atoms with van der Waals surface area (Å²) in [5.41, 5.74) is 2.67. The molecule has 4 heteroatoms. The molecule has 2 N–H and O–H groups in total. The van der Waals surface area contributed by atoms with Gasteiger partial charge in [0.25, 0.3) is 5.91 Å². The van der Waals surface area contributed by atoms with Gasteiger partial charge in [-0.3, -0.25) is 9.59 Å². The molecular formula is C18H28N2O2. The number of hydrogen-bond acceptors (Lipinski definition) is 2. The summed E-state index contributed by atoms with van der Waals surface area (Å²) in [7, 11) is 0. The highest BCUT2D eigenvalue weighted by molar-refractivity contribution is 5.96. The van der Waals surface area contributed by atoms with Crippen LogP contribution in [0.2, 0.25) is 0 Å². The minimum atomic E-state index is -0.211. The lowest BCUT2D eigenvalue weighted by Crippen LogP contribution is -2.41. The second-order valence-corrected chi connectivity index (χ2v) is 6.50. The monoisotopic (exact) mass is 304 g/mol. The number of hydrogen-bond donors (Lipinski definition) is 2. The fourth-order valence-corrected chi connectivity index (χ4v) is 2.35. The number of carbonyl (C=O) groups is 2. The van der Waals surface area contributed by atoms with E-state index in [-0.39, 0.29) is 24.4 Å². The number of nitrogens with one attached hydrogen (secondary N) is 2. The van der Waals surface area contributed by atoms with Gasteiger partial charge in [0.05, 0.1) is 6.54 Å². The Morgan fingerprint density at radius 2 is 1.59 bits per heavy atom. The van der Waals surface area contributed by atoms with Crippen molar-refractivity contribution in [2.24, 2.45) is 5.92 Å². The quantitative estimate of drug-likeness (QED) is 0.813. The van der Waals surface area contributed by atoms with Crippen LogP contribution in [-0.4, -0.2) is 24.4 Å². The molecule has 122 valence electrons. The van der Waals surface area contributed by atoms with Crippen LogP contribution in [0.5, 0.6) is 0 Å². The maximum Gasteiger partial charge on any atom is 0.251 e. The van der Waals surface area contributed by atoms with Crippen LogP contribution in [0.3, 0.4) is 0 Å². The van der Waals surface area contributed by atoms with E-state index in [1.807, 2.05) is 39.0 Å². The Morgan fingerprint density at radius 3 is 2.14 bits per heavy atom. The van der Waals surface area contributed by atoms with Crippen LogP contribution in [0.15, 0.2) is 18.2 Å². The Kier molecular flexibility index (Phi) is 7.09. The van der Waals surface area contributed by atoms with Gasteiger partial charge in [0.1, 0.15) is 0 Å². The van der Waals surface area contributed by atoms with Crippen LogP contribution in [0.4, 0.5) is 0 Å². The molecule has 1 rings (SSSR count). The van der Waals surface area contributed by atoms with Gasteiger partial charge in [0, 0.05) is 11.6 Å². The zero-order valence-corrected chi connectivity index (χ0v) is 14.3. The van der Waals surface area contributed by atoms with Crippen LogP contribution in [0.25, 0.3) is 0 Å². The normalized spacial score (nSPS) is 12.1. The third-order valence-corrected chi connectivity index (χ3v) is 3.48. The maximum atomic E-state index is 12.1. The molecule has 22 heavy (non-hydrogen) atoms. The van der Waals surface area contributed by atoms with Crippen molar-refractivity contribution >= 4 is 11.8 Å². The largest absolute Gasteiger partial charge is 0.352 e. The van der Waals surface area contributed by atoms with Crippen LogP contribution in [0, 0.1) is 19.8 Å². The minimum Gasteiger partial charge on any atom is -0.352 e. The number of rotatable bonds is 7. The smallest absolute Gasteiger partial charge is 0.251 e. The van der Waals surface area contributed by atoms with Crippen molar-refractivity contribution in [3.63, 3.8) is 0 Å². The molecule has 2 amide bonds. The molecule has 0 fully saturated rings. The highest BCUT2D eigenvalue weighted by Crippen LogP contribution is 2.08. The van der Waals surface area contributed by atoms with E-state index < -0.39 is 0 Å². The number of benzene rings is 1. The van der Waals surface area contributed by atoms with Crippen molar-refractivity contribution in [3.8, 4) is 0 Å². The van der Waals surface area contributed by atoms with E-state index in [0.29, 0.717) is 11.5 Å². The molecule has 0 radical (unpaired) electrons. The first-order valence-electron chi connectivity index (χ1n) is 7.93. The molecule has 0 aromatic heterocycles. The van der Waals surface area contributed by atoms with Gasteiger partial charge in [-0.1, -0.05) is 31.0 Å². The van der Waals surface area contributed by atoms with Crippen molar-refractivity contribution in [1.29, 1.82) is 0 Å². The van der Waals surface area contributed by atoms with Crippen molar-refractivity contribution in [3.05, 3.63) is 34.9 Å². The van der Waals surface area contributed by atoms with Gasteiger partial charge in [0.15, 0.2) is 0 Å². The van der Waals surface area contributed by atoms with E-state index >= 15 is 0 Å². The molecule has 0 saturated carbocycles. The Morgan fingerprint density at radius 1 is 1.00 bits per heavy atom. The molecule has 1 aromatic rings. The van der Waals surface area contributed by atoms with Gasteiger partial charge in [-0.25, -0.2) is 0 Å². The van der Waals surface area contributed by atoms with Gasteiger partial charge in [-0.2, -0.15) is 0 Å². The molecule has 0 aliphatic carbocycles. The Hall–Kier alpha value is -1.84. The lowest BCUT2D eigenvalue weighted by Gasteiger charge is -2.15. The van der Waals surface area contributed by atoms with Crippen LogP contribution < -0.4 is 10.6 Å². The van der Waals surface area contributed by atoms with Gasteiger partial charge in [-0.15, -0.1) is 0 Å². The molecule has 4 nitrogen and oxygen atoms in total. The summed E-state index contributed by atoms with van der Waals surface area (Å²) in [6.45, 7) is 10.2. The van der Waals surface area contributed by atoms with Gasteiger partial charge >= 0.3 is 0 Å². The van der Waals surface area contributed by atoms with Gasteiger partial charge in [-0.05, 0) is 51.7 Å². The molecular weight excluding hydrogens is 276 g/mol. The molecule has 1 aromatic carbocycles. The number of carbonyl (C=O) groups excluding carboxylic acids is 2. The molecule has 0 heterocycles. The van der Waals surface area contributed by atoms with Crippen molar-refractivity contribution < 1.29 is 9.59 Å². The van der Waals surface area contributed by atoms with E-state index in [0.717, 1.165) is 24.0 Å². The van der Waals surface area contributed by atoms with Crippen LogP contribution in [-0.2, 0) is 4.79 Å². The first kappa shape index (κ1) is 18.2. The summed E-state index contributed by atoms with van der Waals surface area (Å²) in [5.74, 6) is 0.273. The molecule has 0 aliphatic rings. The SMILES string of the molecule is Cc1cc(C)cc(C(=O)NCC(=O)NC(C)CCC(C)C)c1. The maximum absolute atomic E-state index is 12.1. The fraction of sp³-hybridized carbons (Fsp3) is 0.556. The van der Waals surface area contributed by atoms with Crippen LogP contribution in [0.1, 0.15) is 55.1 Å². The highest BCUT2D eigenvalue weighted by Gasteiger charge is 2.11. The molecule has 1 unspecified atom stereocenters. The van der Waals surface area contributed by atoms with Gasteiger partial charge in [0.2, 0.25) is 5.91 Å². The minimum absolute atomic E-state index is 0.0117. The Bertz CT molecular complexity index is 504. The third-order valence-electron chi connectivity index (χ3n) is 3.48. The van der Waals surface area contributed by atoms with E-state index in [1.165, 1.54) is 0 Å². The van der Waals surface area contributed by atoms with E-state index in [2.05, 4.69) is 24.5 Å². The second-order valence-electron chi connectivity index (χ2n) is 6.50. The summed E-state index contributed by atoms with van der Waals surface area (Å²) < 4.78 is 0. The molecule has 1 atom stereocenters. The Balaban J connectivity index is 2.41. The van der Waals surface area contributed by atoms with Gasteiger partial charge < -0.3 is 10.6 Å². The molecule has 0 saturated heterocycles.